The van der Waals surface area contributed by atoms with Crippen molar-refractivity contribution in [3.63, 3.8) is 0 Å². The topological polar surface area (TPSA) is 117 Å². The summed E-state index contributed by atoms with van der Waals surface area (Å²) in [6.07, 6.45) is 0.939. The second kappa shape index (κ2) is 11.7. The number of rotatable bonds is 7. The fourth-order valence-electron chi connectivity index (χ4n) is 3.49. The highest BCUT2D eigenvalue weighted by atomic mass is 16.5. The van der Waals surface area contributed by atoms with Crippen LogP contribution in [0.15, 0.2) is 54.6 Å². The Morgan fingerprint density at radius 3 is 2.33 bits per heavy atom. The molecule has 9 heteroatoms. The largest absolute Gasteiger partial charge is 0.455 e. The van der Waals surface area contributed by atoms with Gasteiger partial charge in [0.15, 0.2) is 6.61 Å². The minimum atomic E-state index is -0.490. The van der Waals surface area contributed by atoms with Crippen molar-refractivity contribution >= 4 is 35.2 Å². The standard InChI is InChI=1S/C24H28N4O5/c1-2-25-22(30)18-7-6-10-20(15-18)26-21(29)16-33-23(31)17-11-13-28(14-12-17)24(32)27-19-8-4-3-5-9-19/h3-10,15,17H,2,11-14,16H2,1H3,(H,25,30)(H,26,29)(H,27,32). The van der Waals surface area contributed by atoms with Gasteiger partial charge in [-0.25, -0.2) is 4.79 Å². The van der Waals surface area contributed by atoms with Gasteiger partial charge in [-0.2, -0.15) is 0 Å². The molecule has 0 aromatic heterocycles. The van der Waals surface area contributed by atoms with Gasteiger partial charge in [-0.1, -0.05) is 24.3 Å². The number of carbonyl (C=O) groups is 4. The number of ether oxygens (including phenoxy) is 1. The van der Waals surface area contributed by atoms with Crippen LogP contribution in [0.5, 0.6) is 0 Å². The molecule has 3 N–H and O–H groups in total. The maximum atomic E-state index is 12.4. The number of para-hydroxylation sites is 1. The molecule has 1 aliphatic rings. The lowest BCUT2D eigenvalue weighted by Crippen LogP contribution is -2.43. The molecular weight excluding hydrogens is 424 g/mol. The van der Waals surface area contributed by atoms with Gasteiger partial charge < -0.3 is 25.6 Å². The Labute approximate surface area is 192 Å². The molecule has 0 aliphatic carbocycles. The van der Waals surface area contributed by atoms with Crippen LogP contribution < -0.4 is 16.0 Å². The molecule has 2 aromatic carbocycles. The predicted octanol–water partition coefficient (Wildman–Crippen LogP) is 2.86. The summed E-state index contributed by atoms with van der Waals surface area (Å²) >= 11 is 0. The summed E-state index contributed by atoms with van der Waals surface area (Å²) in [6.45, 7) is 2.76. The first-order valence-electron chi connectivity index (χ1n) is 10.9. The van der Waals surface area contributed by atoms with Gasteiger partial charge >= 0.3 is 12.0 Å². The average Bonchev–Trinajstić information content (AvgIpc) is 2.83. The molecular formula is C24H28N4O5. The summed E-state index contributed by atoms with van der Waals surface area (Å²) in [4.78, 5) is 50.5. The van der Waals surface area contributed by atoms with Crippen LogP contribution >= 0.6 is 0 Å². The van der Waals surface area contributed by atoms with E-state index in [-0.39, 0.29) is 17.9 Å². The van der Waals surface area contributed by atoms with Gasteiger partial charge in [-0.15, -0.1) is 0 Å². The number of anilines is 2. The van der Waals surface area contributed by atoms with E-state index < -0.39 is 18.5 Å². The number of piperidine rings is 1. The maximum Gasteiger partial charge on any atom is 0.321 e. The summed E-state index contributed by atoms with van der Waals surface area (Å²) in [5.74, 6) is -1.54. The van der Waals surface area contributed by atoms with E-state index in [4.69, 9.17) is 4.74 Å². The SMILES string of the molecule is CCNC(=O)c1cccc(NC(=O)COC(=O)C2CCN(C(=O)Nc3ccccc3)CC2)c1. The first-order chi connectivity index (χ1) is 16.0. The van der Waals surface area contributed by atoms with Crippen molar-refractivity contribution in [3.8, 4) is 0 Å². The van der Waals surface area contributed by atoms with Gasteiger partial charge in [0.1, 0.15) is 0 Å². The van der Waals surface area contributed by atoms with Gasteiger partial charge in [0.25, 0.3) is 11.8 Å². The zero-order chi connectivity index (χ0) is 23.6. The predicted molar refractivity (Wildman–Crippen MR) is 124 cm³/mol. The van der Waals surface area contributed by atoms with Crippen LogP contribution in [0.25, 0.3) is 0 Å². The first kappa shape index (κ1) is 23.8. The minimum Gasteiger partial charge on any atom is -0.455 e. The Balaban J connectivity index is 1.40. The molecule has 1 heterocycles. The van der Waals surface area contributed by atoms with Crippen LogP contribution in [0, 0.1) is 5.92 Å². The Hall–Kier alpha value is -3.88. The molecule has 9 nitrogen and oxygen atoms in total. The van der Waals surface area contributed by atoms with E-state index in [9.17, 15) is 19.2 Å². The number of likely N-dealkylation sites (tertiary alicyclic amines) is 1. The third kappa shape index (κ3) is 7.06. The molecule has 0 saturated carbocycles. The van der Waals surface area contributed by atoms with E-state index in [1.54, 1.807) is 29.2 Å². The van der Waals surface area contributed by atoms with Crippen LogP contribution in [0.3, 0.4) is 0 Å². The highest BCUT2D eigenvalue weighted by Gasteiger charge is 2.28. The van der Waals surface area contributed by atoms with E-state index in [1.807, 2.05) is 37.3 Å². The second-order valence-electron chi connectivity index (χ2n) is 7.65. The Morgan fingerprint density at radius 1 is 0.939 bits per heavy atom. The molecule has 0 radical (unpaired) electrons. The Bertz CT molecular complexity index is 987. The zero-order valence-electron chi connectivity index (χ0n) is 18.5. The summed E-state index contributed by atoms with van der Waals surface area (Å²) in [6, 6.07) is 15.5. The summed E-state index contributed by atoms with van der Waals surface area (Å²) in [5.41, 5.74) is 1.58. The lowest BCUT2D eigenvalue weighted by Gasteiger charge is -2.30. The summed E-state index contributed by atoms with van der Waals surface area (Å²) in [5, 5.41) is 8.15. The van der Waals surface area contributed by atoms with E-state index in [0.717, 1.165) is 0 Å². The zero-order valence-corrected chi connectivity index (χ0v) is 18.5. The highest BCUT2D eigenvalue weighted by Crippen LogP contribution is 2.20. The lowest BCUT2D eigenvalue weighted by atomic mass is 9.97. The molecule has 33 heavy (non-hydrogen) atoms. The van der Waals surface area contributed by atoms with Gasteiger partial charge in [0.2, 0.25) is 0 Å². The van der Waals surface area contributed by atoms with E-state index in [1.165, 1.54) is 0 Å². The van der Waals surface area contributed by atoms with Gasteiger partial charge in [0, 0.05) is 36.6 Å². The van der Waals surface area contributed by atoms with Crippen molar-refractivity contribution in [3.05, 3.63) is 60.2 Å². The molecule has 2 aromatic rings. The van der Waals surface area contributed by atoms with Gasteiger partial charge in [-0.3, -0.25) is 14.4 Å². The van der Waals surface area contributed by atoms with Crippen molar-refractivity contribution in [1.29, 1.82) is 0 Å². The lowest BCUT2D eigenvalue weighted by molar-refractivity contribution is -0.152. The number of nitrogens with one attached hydrogen (secondary N) is 3. The molecule has 0 spiro atoms. The van der Waals surface area contributed by atoms with E-state index in [2.05, 4.69) is 16.0 Å². The van der Waals surface area contributed by atoms with E-state index in [0.29, 0.717) is 49.4 Å². The molecule has 1 aliphatic heterocycles. The molecule has 174 valence electrons. The normalized spacial score (nSPS) is 13.7. The molecule has 0 atom stereocenters. The van der Waals surface area contributed by atoms with Crippen molar-refractivity contribution in [2.75, 3.05) is 36.9 Å². The molecule has 0 bridgehead atoms. The van der Waals surface area contributed by atoms with Crippen LogP contribution in [0.2, 0.25) is 0 Å². The highest BCUT2D eigenvalue weighted by molar-refractivity contribution is 5.97. The first-order valence-corrected chi connectivity index (χ1v) is 10.9. The van der Waals surface area contributed by atoms with Crippen molar-refractivity contribution in [2.45, 2.75) is 19.8 Å². The van der Waals surface area contributed by atoms with Crippen molar-refractivity contribution < 1.29 is 23.9 Å². The summed E-state index contributed by atoms with van der Waals surface area (Å²) in [7, 11) is 0. The van der Waals surface area contributed by atoms with Crippen LogP contribution in [0.4, 0.5) is 16.2 Å². The number of esters is 1. The molecule has 1 fully saturated rings. The summed E-state index contributed by atoms with van der Waals surface area (Å²) < 4.78 is 5.17. The number of carbonyl (C=O) groups excluding carboxylic acids is 4. The number of hydrogen-bond acceptors (Lipinski definition) is 5. The minimum absolute atomic E-state index is 0.206. The average molecular weight is 453 g/mol. The molecule has 3 rings (SSSR count). The number of hydrogen-bond donors (Lipinski definition) is 3. The van der Waals surface area contributed by atoms with Crippen LogP contribution in [-0.4, -0.2) is 55.0 Å². The van der Waals surface area contributed by atoms with E-state index >= 15 is 0 Å². The monoisotopic (exact) mass is 452 g/mol. The third-order valence-electron chi connectivity index (χ3n) is 5.23. The third-order valence-corrected chi connectivity index (χ3v) is 5.23. The van der Waals surface area contributed by atoms with Crippen molar-refractivity contribution in [1.82, 2.24) is 10.2 Å². The Morgan fingerprint density at radius 2 is 1.64 bits per heavy atom. The van der Waals surface area contributed by atoms with Crippen molar-refractivity contribution in [2.24, 2.45) is 5.92 Å². The second-order valence-corrected chi connectivity index (χ2v) is 7.65. The number of benzene rings is 2. The number of nitrogens with zero attached hydrogens (tertiary/aromatic N) is 1. The number of amides is 4. The quantitative estimate of drug-likeness (QED) is 0.559. The van der Waals surface area contributed by atoms with Crippen LogP contribution in [0.1, 0.15) is 30.1 Å². The number of urea groups is 1. The maximum absolute atomic E-state index is 12.4. The van der Waals surface area contributed by atoms with Gasteiger partial charge in [-0.05, 0) is 50.1 Å². The van der Waals surface area contributed by atoms with Gasteiger partial charge in [0.05, 0.1) is 5.92 Å². The van der Waals surface area contributed by atoms with Crippen LogP contribution in [-0.2, 0) is 14.3 Å². The molecule has 0 unspecified atom stereocenters. The smallest absolute Gasteiger partial charge is 0.321 e. The fourth-order valence-corrected chi connectivity index (χ4v) is 3.49. The molecule has 1 saturated heterocycles. The molecule has 4 amide bonds. The Kier molecular flexibility index (Phi) is 8.40. The fraction of sp³-hybridized carbons (Fsp3) is 0.333.